The highest BCUT2D eigenvalue weighted by Gasteiger charge is 2.38. The molecule has 0 saturated carbocycles. The first-order valence-electron chi connectivity index (χ1n) is 24.5. The SMILES string of the molecule is Cc1ccc(-c2cc(C(F)(F)F)nn2-c2ccc(S(=O)(=O)NC(=O)[C@H](CCCN=C(NOC(C)(C)C)NS(=O)(=O)c3c(C)c(C)c4c(c3C)CC(C)(C)O4)NC(=O)OCC3c4ccccc4-c4ccccc43)cc2)cc1. The number of aliphatic imine (C=N–C) groups is 1. The van der Waals surface area contributed by atoms with Crippen molar-refractivity contribution in [1.29, 1.82) is 0 Å². The van der Waals surface area contributed by atoms with Crippen LogP contribution in [0.3, 0.4) is 0 Å². The fourth-order valence-electron chi connectivity index (χ4n) is 9.33. The topological polar surface area (TPSA) is 208 Å². The van der Waals surface area contributed by atoms with Gasteiger partial charge >= 0.3 is 12.3 Å². The smallest absolute Gasteiger partial charge is 0.435 e. The van der Waals surface area contributed by atoms with Gasteiger partial charge in [0.2, 0.25) is 5.96 Å². The number of hydrogen-bond donors (Lipinski definition) is 4. The molecule has 6 aromatic rings. The molecule has 0 saturated heterocycles. The summed E-state index contributed by atoms with van der Waals surface area (Å²) >= 11 is 0. The number of halogens is 3. The number of nitrogens with one attached hydrogen (secondary N) is 4. The zero-order valence-corrected chi connectivity index (χ0v) is 45.1. The number of amides is 2. The molecule has 0 bridgehead atoms. The van der Waals surface area contributed by atoms with E-state index in [1.807, 2.05) is 74.0 Å². The van der Waals surface area contributed by atoms with Crippen LogP contribution in [0.5, 0.6) is 5.75 Å². The lowest BCUT2D eigenvalue weighted by Crippen LogP contribution is -2.48. The highest BCUT2D eigenvalue weighted by atomic mass is 32.2. The molecule has 0 spiro atoms. The second-order valence-electron chi connectivity index (χ2n) is 20.5. The minimum absolute atomic E-state index is 0.0194. The molecule has 402 valence electrons. The Kier molecular flexibility index (Phi) is 15.2. The number of sulfonamides is 2. The molecule has 16 nitrogen and oxygen atoms in total. The van der Waals surface area contributed by atoms with Crippen LogP contribution in [0.25, 0.3) is 28.1 Å². The maximum absolute atomic E-state index is 14.3. The van der Waals surface area contributed by atoms with Gasteiger partial charge in [0.15, 0.2) is 5.69 Å². The molecule has 0 unspecified atom stereocenters. The quantitative estimate of drug-likeness (QED) is 0.0329. The number of rotatable bonds is 15. The number of aromatic nitrogens is 2. The summed E-state index contributed by atoms with van der Waals surface area (Å²) < 4.78 is 116. The molecule has 1 atom stereocenters. The third kappa shape index (κ3) is 12.1. The van der Waals surface area contributed by atoms with Crippen LogP contribution >= 0.6 is 0 Å². The average Bonchev–Trinajstić information content (AvgIpc) is 4.08. The summed E-state index contributed by atoms with van der Waals surface area (Å²) in [6.07, 6.45) is -5.55. The van der Waals surface area contributed by atoms with Gasteiger partial charge in [-0.2, -0.15) is 18.3 Å². The maximum atomic E-state index is 14.3. The number of carbonyl (C=O) groups excluding carboxylic acids is 2. The van der Waals surface area contributed by atoms with Crippen molar-refractivity contribution < 1.29 is 53.9 Å². The summed E-state index contributed by atoms with van der Waals surface area (Å²) in [5.41, 5.74) is 7.94. The number of benzene rings is 5. The Morgan fingerprint density at radius 1 is 0.829 bits per heavy atom. The van der Waals surface area contributed by atoms with Crippen LogP contribution in [0.4, 0.5) is 18.0 Å². The van der Waals surface area contributed by atoms with Gasteiger partial charge in [-0.3, -0.25) is 14.6 Å². The standard InChI is InChI=1S/C55H60F3N7O9S2/c1-32-20-22-36(23-21-32)46-29-47(55(56,57)58)61-65(46)37-24-26-38(27-25-37)75(68,69)63-50(66)45(60-52(67)72-31-44-41-17-12-10-15-39(41)40-16-11-13-18-42(40)44)19-14-28-59-51(62-74-53(5,6)7)64-76(70,71)49-34(3)33(2)48-43(35(49)4)30-54(8,9)73-48/h10-13,15-18,20-27,29,44-45H,14,19,28,30-31H2,1-9H3,(H,60,67)(H,63,66)(H2,59,62,64)/t45-/m0/s1. The number of nitrogens with zero attached hydrogens (tertiary/aromatic N) is 3. The first kappa shape index (κ1) is 55.0. The van der Waals surface area contributed by atoms with Crippen LogP contribution in [0, 0.1) is 27.7 Å². The Labute approximate surface area is 440 Å². The Hall–Kier alpha value is -7.23. The number of guanidine groups is 1. The third-order valence-corrected chi connectivity index (χ3v) is 16.1. The molecule has 1 aliphatic heterocycles. The van der Waals surface area contributed by atoms with Crippen molar-refractivity contribution in [3.8, 4) is 33.8 Å². The van der Waals surface area contributed by atoms with E-state index in [0.29, 0.717) is 34.4 Å². The minimum Gasteiger partial charge on any atom is -0.487 e. The Bertz CT molecular complexity index is 3420. The highest BCUT2D eigenvalue weighted by molar-refractivity contribution is 7.90. The molecule has 0 radical (unpaired) electrons. The molecule has 1 aromatic heterocycles. The van der Waals surface area contributed by atoms with Gasteiger partial charge in [0.25, 0.3) is 26.0 Å². The van der Waals surface area contributed by atoms with Crippen molar-refractivity contribution in [2.45, 2.75) is 121 Å². The van der Waals surface area contributed by atoms with Gasteiger partial charge in [-0.1, -0.05) is 78.4 Å². The van der Waals surface area contributed by atoms with E-state index in [1.54, 1.807) is 65.8 Å². The average molecular weight is 1080 g/mol. The lowest BCUT2D eigenvalue weighted by molar-refractivity contribution is -0.141. The van der Waals surface area contributed by atoms with E-state index in [1.165, 1.54) is 12.1 Å². The first-order valence-corrected chi connectivity index (χ1v) is 27.4. The van der Waals surface area contributed by atoms with Crippen LogP contribution in [-0.4, -0.2) is 75.0 Å². The molecule has 21 heteroatoms. The van der Waals surface area contributed by atoms with Crippen molar-refractivity contribution in [2.24, 2.45) is 4.99 Å². The van der Waals surface area contributed by atoms with Gasteiger partial charge < -0.3 is 14.8 Å². The first-order chi connectivity index (χ1) is 35.6. The van der Waals surface area contributed by atoms with Gasteiger partial charge in [-0.25, -0.2) is 41.2 Å². The lowest BCUT2D eigenvalue weighted by Gasteiger charge is -2.23. The number of carbonyl (C=O) groups is 2. The number of hydrogen-bond acceptors (Lipinski definition) is 11. The van der Waals surface area contributed by atoms with Gasteiger partial charge in [0.05, 0.1) is 26.8 Å². The zero-order chi connectivity index (χ0) is 55.1. The fraction of sp³-hybridized carbons (Fsp3) is 0.345. The summed E-state index contributed by atoms with van der Waals surface area (Å²) in [6, 6.07) is 26.2. The van der Waals surface area contributed by atoms with Gasteiger partial charge in [0.1, 0.15) is 24.0 Å². The number of alkyl carbamates (subject to hydrolysis) is 1. The fourth-order valence-corrected chi connectivity index (χ4v) is 11.9. The normalized spacial score (nSPS) is 14.8. The van der Waals surface area contributed by atoms with Crippen molar-refractivity contribution in [3.63, 3.8) is 0 Å². The van der Waals surface area contributed by atoms with Crippen LogP contribution in [0.15, 0.2) is 118 Å². The highest BCUT2D eigenvalue weighted by Crippen LogP contribution is 2.45. The maximum Gasteiger partial charge on any atom is 0.435 e. The third-order valence-electron chi connectivity index (χ3n) is 13.1. The van der Waals surface area contributed by atoms with Gasteiger partial charge in [-0.05, 0) is 144 Å². The van der Waals surface area contributed by atoms with E-state index < -0.39 is 66.1 Å². The Morgan fingerprint density at radius 3 is 2.05 bits per heavy atom. The van der Waals surface area contributed by atoms with Crippen molar-refractivity contribution in [2.75, 3.05) is 13.2 Å². The Morgan fingerprint density at radius 2 is 1.45 bits per heavy atom. The molecule has 1 aliphatic carbocycles. The largest absolute Gasteiger partial charge is 0.487 e. The van der Waals surface area contributed by atoms with Crippen LogP contribution in [0.2, 0.25) is 0 Å². The number of fused-ring (bicyclic) bond motifs is 4. The molecular formula is C55H60F3N7O9S2. The molecule has 0 fully saturated rings. The summed E-state index contributed by atoms with van der Waals surface area (Å²) in [5, 5.41) is 6.31. The second kappa shape index (κ2) is 21.1. The van der Waals surface area contributed by atoms with Gasteiger partial charge in [0, 0.05) is 30.0 Å². The Balaban J connectivity index is 1.03. The molecule has 8 rings (SSSR count). The number of ether oxygens (including phenoxy) is 2. The molecule has 2 amide bonds. The summed E-state index contributed by atoms with van der Waals surface area (Å²) in [4.78, 5) is 37.6. The van der Waals surface area contributed by atoms with Crippen LogP contribution < -0.4 is 25.0 Å². The molecule has 76 heavy (non-hydrogen) atoms. The van der Waals surface area contributed by atoms with Crippen LogP contribution in [0.1, 0.15) is 98.0 Å². The van der Waals surface area contributed by atoms with Crippen LogP contribution in [-0.2, 0) is 47.0 Å². The summed E-state index contributed by atoms with van der Waals surface area (Å²) in [5.74, 6) is -1.11. The molecule has 2 aliphatic rings. The minimum atomic E-state index is -4.78. The van der Waals surface area contributed by atoms with E-state index in [2.05, 4.69) is 25.6 Å². The van der Waals surface area contributed by atoms with Gasteiger partial charge in [-0.15, -0.1) is 0 Å². The monoisotopic (exact) mass is 1080 g/mol. The summed E-state index contributed by atoms with van der Waals surface area (Å²) in [7, 11) is -9.01. The molecular weight excluding hydrogens is 1020 g/mol. The molecule has 5 aromatic carbocycles. The molecule has 4 N–H and O–H groups in total. The number of hydroxylamine groups is 1. The molecule has 2 heterocycles. The van der Waals surface area contributed by atoms with E-state index in [-0.39, 0.29) is 54.1 Å². The van der Waals surface area contributed by atoms with Crippen molar-refractivity contribution >= 4 is 38.0 Å². The zero-order valence-electron chi connectivity index (χ0n) is 43.5. The van der Waals surface area contributed by atoms with E-state index in [4.69, 9.17) is 14.3 Å². The van der Waals surface area contributed by atoms with E-state index in [9.17, 15) is 39.6 Å². The second-order valence-corrected chi connectivity index (χ2v) is 23.8. The lowest BCUT2D eigenvalue weighted by atomic mass is 9.94. The number of aryl methyl sites for hydroxylation is 1. The number of alkyl halides is 3. The summed E-state index contributed by atoms with van der Waals surface area (Å²) in [6.45, 7) is 15.8. The van der Waals surface area contributed by atoms with E-state index >= 15 is 0 Å². The predicted molar refractivity (Wildman–Crippen MR) is 281 cm³/mol. The van der Waals surface area contributed by atoms with E-state index in [0.717, 1.165) is 56.3 Å². The van der Waals surface area contributed by atoms with Crippen molar-refractivity contribution in [3.05, 3.63) is 148 Å². The predicted octanol–water partition coefficient (Wildman–Crippen LogP) is 9.65. The van der Waals surface area contributed by atoms with Crippen molar-refractivity contribution in [1.82, 2.24) is 30.0 Å².